The van der Waals surface area contributed by atoms with E-state index < -0.39 is 0 Å². The van der Waals surface area contributed by atoms with Crippen molar-refractivity contribution in [2.24, 2.45) is 11.1 Å². The first kappa shape index (κ1) is 12.6. The maximum atomic E-state index is 11.9. The number of carbonyl (C=O) groups excluding carboxylic acids is 1. The smallest absolute Gasteiger partial charge is 0.227 e. The Bertz CT molecular complexity index is 445. The number of oxime groups is 1. The highest BCUT2D eigenvalue weighted by Crippen LogP contribution is 2.26. The summed E-state index contributed by atoms with van der Waals surface area (Å²) in [5.74, 6) is 0.290. The molecule has 0 saturated heterocycles. The van der Waals surface area contributed by atoms with Gasteiger partial charge in [0.15, 0.2) is 0 Å². The van der Waals surface area contributed by atoms with Crippen molar-refractivity contribution in [1.82, 2.24) is 0 Å². The number of anilines is 1. The molecule has 0 spiro atoms. The highest BCUT2D eigenvalue weighted by molar-refractivity contribution is 5.99. The molecule has 4 heteroatoms. The van der Waals surface area contributed by atoms with Gasteiger partial charge in [-0.25, -0.2) is 0 Å². The predicted octanol–water partition coefficient (Wildman–Crippen LogP) is 3.01. The van der Waals surface area contributed by atoms with Gasteiger partial charge in [-0.3, -0.25) is 4.79 Å². The van der Waals surface area contributed by atoms with Crippen molar-refractivity contribution in [1.29, 1.82) is 0 Å². The van der Waals surface area contributed by atoms with Crippen molar-refractivity contribution < 1.29 is 10.0 Å². The Morgan fingerprint density at radius 3 is 2.44 bits per heavy atom. The van der Waals surface area contributed by atoms with Crippen LogP contribution in [0.5, 0.6) is 0 Å². The zero-order valence-corrected chi connectivity index (χ0v) is 10.5. The van der Waals surface area contributed by atoms with Crippen molar-refractivity contribution in [2.45, 2.75) is 32.6 Å². The van der Waals surface area contributed by atoms with Crippen LogP contribution in [0.4, 0.5) is 5.69 Å². The average Bonchev–Trinajstić information content (AvgIpc) is 2.92. The molecule has 1 aliphatic rings. The van der Waals surface area contributed by atoms with Gasteiger partial charge in [-0.2, -0.15) is 0 Å². The minimum absolute atomic E-state index is 0.118. The molecular weight excluding hydrogens is 228 g/mol. The molecule has 0 unspecified atom stereocenters. The summed E-state index contributed by atoms with van der Waals surface area (Å²) in [6.07, 6.45) is 4.31. The molecule has 0 aromatic heterocycles. The number of benzene rings is 1. The summed E-state index contributed by atoms with van der Waals surface area (Å²) in [6, 6.07) is 7.33. The summed E-state index contributed by atoms with van der Waals surface area (Å²) in [5.41, 5.74) is 2.20. The lowest BCUT2D eigenvalue weighted by molar-refractivity contribution is -0.119. The first-order valence-electron chi connectivity index (χ1n) is 6.30. The highest BCUT2D eigenvalue weighted by atomic mass is 16.4. The van der Waals surface area contributed by atoms with Gasteiger partial charge in [0.05, 0.1) is 5.71 Å². The third-order valence-corrected chi connectivity index (χ3v) is 3.45. The molecule has 0 atom stereocenters. The number of nitrogens with zero attached hydrogens (tertiary/aromatic N) is 1. The van der Waals surface area contributed by atoms with E-state index >= 15 is 0 Å². The maximum absolute atomic E-state index is 11.9. The second kappa shape index (κ2) is 5.67. The van der Waals surface area contributed by atoms with E-state index in [1.807, 2.05) is 24.3 Å². The van der Waals surface area contributed by atoms with E-state index in [0.29, 0.717) is 5.71 Å². The van der Waals surface area contributed by atoms with Crippen LogP contribution in [0.3, 0.4) is 0 Å². The number of amides is 1. The molecule has 0 aliphatic heterocycles. The van der Waals surface area contributed by atoms with Crippen LogP contribution >= 0.6 is 0 Å². The normalized spacial score (nSPS) is 16.8. The molecule has 0 heterocycles. The van der Waals surface area contributed by atoms with Crippen LogP contribution < -0.4 is 5.32 Å². The molecule has 2 rings (SSSR count). The van der Waals surface area contributed by atoms with Crippen LogP contribution in [-0.4, -0.2) is 16.8 Å². The largest absolute Gasteiger partial charge is 0.411 e. The topological polar surface area (TPSA) is 61.7 Å². The van der Waals surface area contributed by atoms with E-state index in [0.717, 1.165) is 36.9 Å². The lowest BCUT2D eigenvalue weighted by atomic mass is 10.1. The highest BCUT2D eigenvalue weighted by Gasteiger charge is 2.22. The SMILES string of the molecule is C/C(=N\O)c1ccc(NC(=O)C2CCCC2)cc1. The van der Waals surface area contributed by atoms with Crippen LogP contribution in [0.2, 0.25) is 0 Å². The molecule has 1 amide bonds. The third kappa shape index (κ3) is 2.88. The Labute approximate surface area is 107 Å². The molecule has 18 heavy (non-hydrogen) atoms. The van der Waals surface area contributed by atoms with E-state index in [9.17, 15) is 4.79 Å². The third-order valence-electron chi connectivity index (χ3n) is 3.45. The van der Waals surface area contributed by atoms with Crippen LogP contribution in [-0.2, 0) is 4.79 Å². The standard InChI is InChI=1S/C14H18N2O2/c1-10(16-18)11-6-8-13(9-7-11)15-14(17)12-4-2-3-5-12/h6-9,12,18H,2-5H2,1H3,(H,15,17)/b16-10+. The fraction of sp³-hybridized carbons (Fsp3) is 0.429. The van der Waals surface area contributed by atoms with E-state index in [2.05, 4.69) is 10.5 Å². The first-order valence-corrected chi connectivity index (χ1v) is 6.30. The molecule has 1 aromatic carbocycles. The van der Waals surface area contributed by atoms with Crippen molar-refractivity contribution in [3.8, 4) is 0 Å². The van der Waals surface area contributed by atoms with Crippen molar-refractivity contribution >= 4 is 17.3 Å². The van der Waals surface area contributed by atoms with Crippen LogP contribution in [0.1, 0.15) is 38.2 Å². The summed E-state index contributed by atoms with van der Waals surface area (Å²) in [6.45, 7) is 1.73. The second-order valence-electron chi connectivity index (χ2n) is 4.73. The number of hydrogen-bond donors (Lipinski definition) is 2. The molecule has 1 aliphatic carbocycles. The Balaban J connectivity index is 1.99. The number of nitrogens with one attached hydrogen (secondary N) is 1. The van der Waals surface area contributed by atoms with Crippen LogP contribution in [0, 0.1) is 5.92 Å². The summed E-state index contributed by atoms with van der Waals surface area (Å²) in [7, 11) is 0. The molecule has 2 N–H and O–H groups in total. The van der Waals surface area contributed by atoms with Gasteiger partial charge in [0.25, 0.3) is 0 Å². The molecular formula is C14H18N2O2. The lowest BCUT2D eigenvalue weighted by Crippen LogP contribution is -2.20. The number of carbonyl (C=O) groups is 1. The molecule has 0 radical (unpaired) electrons. The van der Waals surface area contributed by atoms with Crippen molar-refractivity contribution in [3.63, 3.8) is 0 Å². The molecule has 1 aromatic rings. The van der Waals surface area contributed by atoms with Gasteiger partial charge in [-0.05, 0) is 37.5 Å². The van der Waals surface area contributed by atoms with Gasteiger partial charge in [-0.1, -0.05) is 30.1 Å². The van der Waals surface area contributed by atoms with Crippen molar-refractivity contribution in [2.75, 3.05) is 5.32 Å². The quantitative estimate of drug-likeness (QED) is 0.489. The van der Waals surface area contributed by atoms with E-state index in [1.165, 1.54) is 0 Å². The fourth-order valence-electron chi connectivity index (χ4n) is 2.28. The first-order chi connectivity index (χ1) is 8.70. The van der Waals surface area contributed by atoms with Gasteiger partial charge >= 0.3 is 0 Å². The molecule has 96 valence electrons. The monoisotopic (exact) mass is 246 g/mol. The van der Waals surface area contributed by atoms with Gasteiger partial charge in [0.2, 0.25) is 5.91 Å². The minimum atomic E-state index is 0.118. The maximum Gasteiger partial charge on any atom is 0.227 e. The summed E-state index contributed by atoms with van der Waals surface area (Å²) < 4.78 is 0. The molecule has 1 saturated carbocycles. The van der Waals surface area contributed by atoms with E-state index in [-0.39, 0.29) is 11.8 Å². The van der Waals surface area contributed by atoms with Gasteiger partial charge in [-0.15, -0.1) is 0 Å². The van der Waals surface area contributed by atoms with Gasteiger partial charge in [0, 0.05) is 11.6 Å². The Kier molecular flexibility index (Phi) is 3.97. The average molecular weight is 246 g/mol. The second-order valence-corrected chi connectivity index (χ2v) is 4.73. The van der Waals surface area contributed by atoms with Crippen LogP contribution in [0.25, 0.3) is 0 Å². The zero-order valence-electron chi connectivity index (χ0n) is 10.5. The summed E-state index contributed by atoms with van der Waals surface area (Å²) in [4.78, 5) is 11.9. The van der Waals surface area contributed by atoms with Gasteiger partial charge < -0.3 is 10.5 Å². The van der Waals surface area contributed by atoms with Crippen LogP contribution in [0.15, 0.2) is 29.4 Å². The zero-order chi connectivity index (χ0) is 13.0. The predicted molar refractivity (Wildman–Crippen MR) is 71.0 cm³/mol. The summed E-state index contributed by atoms with van der Waals surface area (Å²) >= 11 is 0. The Morgan fingerprint density at radius 1 is 1.28 bits per heavy atom. The molecule has 4 nitrogen and oxygen atoms in total. The summed E-state index contributed by atoms with van der Waals surface area (Å²) in [5, 5.41) is 14.7. The fourth-order valence-corrected chi connectivity index (χ4v) is 2.28. The Hall–Kier alpha value is -1.84. The van der Waals surface area contributed by atoms with Gasteiger partial charge in [0.1, 0.15) is 0 Å². The Morgan fingerprint density at radius 2 is 1.89 bits per heavy atom. The van der Waals surface area contributed by atoms with E-state index in [1.54, 1.807) is 6.92 Å². The van der Waals surface area contributed by atoms with Crippen molar-refractivity contribution in [3.05, 3.63) is 29.8 Å². The molecule has 0 bridgehead atoms. The minimum Gasteiger partial charge on any atom is -0.411 e. The number of rotatable bonds is 3. The molecule has 1 fully saturated rings. The number of hydrogen-bond acceptors (Lipinski definition) is 3. The lowest BCUT2D eigenvalue weighted by Gasteiger charge is -2.10. The van der Waals surface area contributed by atoms with E-state index in [4.69, 9.17) is 5.21 Å².